The van der Waals surface area contributed by atoms with Crippen molar-refractivity contribution >= 4 is 0 Å². The summed E-state index contributed by atoms with van der Waals surface area (Å²) in [5.41, 5.74) is 28.9. The number of hydrogen-bond acceptors (Lipinski definition) is 6. The highest BCUT2D eigenvalue weighted by molar-refractivity contribution is 5.45. The smallest absolute Gasteiger partial charge is 0.0729 e. The minimum Gasteiger partial charge on any atom is -0.393 e. The van der Waals surface area contributed by atoms with Gasteiger partial charge in [-0.25, -0.2) is 0 Å². The fourth-order valence-corrected chi connectivity index (χ4v) is 18.4. The van der Waals surface area contributed by atoms with E-state index in [1.54, 1.807) is 0 Å². The first-order valence-corrected chi connectivity index (χ1v) is 46.3. The Morgan fingerprint density at radius 1 is 0.233 bits per heavy atom. The molecule has 0 spiro atoms. The Morgan fingerprint density at radius 2 is 0.391 bits per heavy atom. The molecule has 6 aliphatic carbocycles. The molecule has 0 saturated heterocycles. The number of rotatable bonds is 30. The third-order valence-electron chi connectivity index (χ3n) is 24.8. The predicted octanol–water partition coefficient (Wildman–Crippen LogP) is 36.0. The van der Waals surface area contributed by atoms with Crippen LogP contribution in [0.5, 0.6) is 0 Å². The molecule has 0 aromatic rings. The predicted molar refractivity (Wildman–Crippen MR) is 600 cm³/mol. The van der Waals surface area contributed by atoms with Gasteiger partial charge in [-0.3, -0.25) is 0 Å². The molecule has 7 atom stereocenters. The van der Waals surface area contributed by atoms with Crippen molar-refractivity contribution in [1.82, 2.24) is 0 Å². The molecule has 6 N–H and O–H groups in total. The summed E-state index contributed by atoms with van der Waals surface area (Å²) in [5, 5.41) is 60.6. The van der Waals surface area contributed by atoms with Gasteiger partial charge in [-0.1, -0.05) is 497 Å². The molecule has 740 valence electrons. The summed E-state index contributed by atoms with van der Waals surface area (Å²) in [6.07, 6.45) is 99.0. The summed E-state index contributed by atoms with van der Waals surface area (Å²) in [5.74, 6) is 0.348. The van der Waals surface area contributed by atoms with Crippen molar-refractivity contribution in [3.8, 4) is 0 Å². The highest BCUT2D eigenvalue weighted by Crippen LogP contribution is 2.47. The van der Waals surface area contributed by atoms with Crippen molar-refractivity contribution in [2.75, 3.05) is 0 Å². The van der Waals surface area contributed by atoms with Crippen LogP contribution < -0.4 is 0 Å². The Balaban J connectivity index is -0.000000914. The fraction of sp³-hybridized carbons (Fsp3) is 0.480. The van der Waals surface area contributed by atoms with Crippen LogP contribution in [0.2, 0.25) is 0 Å². The van der Waals surface area contributed by atoms with Crippen molar-refractivity contribution in [1.29, 1.82) is 0 Å². The van der Waals surface area contributed by atoms with Gasteiger partial charge in [-0.2, -0.15) is 0 Å². The monoisotopic (exact) mass is 1820 g/mol. The van der Waals surface area contributed by atoms with E-state index < -0.39 is 0 Å². The second-order valence-corrected chi connectivity index (χ2v) is 41.1. The molecule has 0 saturated carbocycles. The van der Waals surface area contributed by atoms with Gasteiger partial charge in [0.25, 0.3) is 0 Å². The van der Waals surface area contributed by atoms with Crippen LogP contribution in [0.1, 0.15) is 330 Å². The van der Waals surface area contributed by atoms with Crippen LogP contribution in [0, 0.1) is 38.4 Å². The summed E-state index contributed by atoms with van der Waals surface area (Å²) in [7, 11) is 0. The first-order chi connectivity index (χ1) is 58.8. The molecule has 6 nitrogen and oxygen atoms in total. The zero-order chi connectivity index (χ0) is 94.5. The van der Waals surface area contributed by atoms with Crippen LogP contribution in [0.15, 0.2) is 389 Å². The minimum atomic E-state index is -0.331. The lowest BCUT2D eigenvalue weighted by molar-refractivity contribution is 0.116. The summed E-state index contributed by atoms with van der Waals surface area (Å²) in [6.45, 7) is 64.8. The normalized spacial score (nSPS) is 24.2. The minimum absolute atomic E-state index is 0. The highest BCUT2D eigenvalue weighted by Gasteiger charge is 2.37. The van der Waals surface area contributed by atoms with Crippen LogP contribution >= 0.6 is 0 Å². The summed E-state index contributed by atoms with van der Waals surface area (Å²) >= 11 is 0. The lowest BCUT2D eigenvalue weighted by Gasteiger charge is -2.38. The molecular weight excluding hydrogens is 1620 g/mol. The van der Waals surface area contributed by atoms with Gasteiger partial charge in [0.2, 0.25) is 0 Å². The van der Waals surface area contributed by atoms with Gasteiger partial charge >= 0.3 is 0 Å². The third-order valence-corrected chi connectivity index (χ3v) is 24.8. The molecule has 0 aromatic heterocycles. The molecule has 6 aliphatic rings. The van der Waals surface area contributed by atoms with Gasteiger partial charge in [-0.05, 0) is 256 Å². The van der Waals surface area contributed by atoms with Crippen molar-refractivity contribution in [2.24, 2.45) is 38.4 Å². The van der Waals surface area contributed by atoms with E-state index in [0.717, 1.165) is 70.6 Å². The Bertz CT molecular complexity index is 4410. The first-order valence-electron chi connectivity index (χ1n) is 46.3. The van der Waals surface area contributed by atoms with Crippen molar-refractivity contribution in [3.63, 3.8) is 0 Å². The van der Waals surface area contributed by atoms with E-state index in [-0.39, 0.29) is 121 Å². The average molecular weight is 1820 g/mol. The van der Waals surface area contributed by atoms with Crippen LogP contribution in [-0.4, -0.2) is 67.3 Å². The van der Waals surface area contributed by atoms with Gasteiger partial charge < -0.3 is 30.6 Å². The Morgan fingerprint density at radius 3 is 0.556 bits per heavy atom. The molecule has 0 heterocycles. The van der Waals surface area contributed by atoms with E-state index >= 15 is 0 Å². The lowest BCUT2D eigenvalue weighted by Crippen LogP contribution is -2.32. The standard InChI is InChI=1S/3C40H56O2.7CH4/c3*1-29(17-13-19-31(3)21-23-37-33(5)25-35(41)27-39(37,7)8)15-11-12-16-30(2)18-14-20-32(4)22-24-38-34(6)26-36(42)28-40(38,9)10;;;;;;;/h2*11-24,35-36,41-42H,25-28H2,1-10H3;11-25,35-37,41-42H,26-28H2,1-10H3;7*1H4/b3*12-11+,17-13+,18-14+,23-21+,24-22+,29-15+,30-16+,31-19+,32-20+;;;;;;;/t35-,36+;35-,36-;35-,36+,37-;;;;;;;/m.10......./s1. The van der Waals surface area contributed by atoms with E-state index in [2.05, 4.69) is 463 Å². The molecule has 0 aliphatic heterocycles. The molecular formula is C127H196O6. The third kappa shape index (κ3) is 49.0. The van der Waals surface area contributed by atoms with E-state index in [4.69, 9.17) is 0 Å². The number of aliphatic hydroxyl groups excluding tert-OH is 6. The zero-order valence-corrected chi connectivity index (χ0v) is 83.8. The molecule has 0 unspecified atom stereocenters. The Hall–Kier alpha value is -8.82. The molecule has 0 aromatic carbocycles. The molecule has 6 rings (SSSR count). The molecule has 0 fully saturated rings. The molecule has 0 radical (unpaired) electrons. The van der Waals surface area contributed by atoms with Gasteiger partial charge in [0.05, 0.1) is 36.6 Å². The fourth-order valence-electron chi connectivity index (χ4n) is 18.4. The van der Waals surface area contributed by atoms with Gasteiger partial charge in [0.1, 0.15) is 0 Å². The second kappa shape index (κ2) is 62.8. The van der Waals surface area contributed by atoms with Gasteiger partial charge in [0.15, 0.2) is 0 Å². The Kier molecular flexibility index (Phi) is 61.6. The highest BCUT2D eigenvalue weighted by atomic mass is 16.3. The Labute approximate surface area is 820 Å². The maximum Gasteiger partial charge on any atom is 0.0729 e. The quantitative estimate of drug-likeness (QED) is 0.0315. The SMILES string of the molecule is C.C.C.C.C.C.C.CC1=C(/C=C/C(C)=C/C=C/C(C)=C/C=C/C=C(C)/C=C/C=C(C)/C=C/C2=C(C)C[C@@H](O)CC2(C)C)C(C)(C)C[C@H](O)C1.CC1=C(/C=C/C(C)=C/C=C/C(C)=C/C=C/C=C(C)/C=C/C=C(C)/C=C/C2=C(C)C[C@H](O)CC2(C)C)C(C)(C)C[C@H](O)C1.CC1=C[C@H](O)CC(C)(C)[C@H]1/C=C/C(C)=C/C=C/C(C)=C/C=C/C=C(C)/C=C/C=C(C)/C=C/C1=C(C)C[C@@H](O)CC1(C)C. The molecule has 133 heavy (non-hydrogen) atoms. The van der Waals surface area contributed by atoms with Gasteiger partial charge in [-0.15, -0.1) is 0 Å². The van der Waals surface area contributed by atoms with Crippen LogP contribution in [-0.2, 0) is 0 Å². The van der Waals surface area contributed by atoms with Crippen molar-refractivity contribution in [3.05, 3.63) is 389 Å². The second-order valence-electron chi connectivity index (χ2n) is 41.1. The van der Waals surface area contributed by atoms with Gasteiger partial charge in [0, 0.05) is 5.92 Å². The summed E-state index contributed by atoms with van der Waals surface area (Å²) in [6, 6.07) is 0. The van der Waals surface area contributed by atoms with Crippen LogP contribution in [0.4, 0.5) is 0 Å². The summed E-state index contributed by atoms with van der Waals surface area (Å²) in [4.78, 5) is 0. The largest absolute Gasteiger partial charge is 0.393 e. The van der Waals surface area contributed by atoms with E-state index in [1.165, 1.54) is 128 Å². The zero-order valence-electron chi connectivity index (χ0n) is 83.8. The van der Waals surface area contributed by atoms with E-state index in [0.29, 0.717) is 5.92 Å². The van der Waals surface area contributed by atoms with Crippen LogP contribution in [0.3, 0.4) is 0 Å². The topological polar surface area (TPSA) is 121 Å². The lowest BCUT2D eigenvalue weighted by atomic mass is 9.67. The molecule has 6 heteroatoms. The van der Waals surface area contributed by atoms with Crippen LogP contribution in [0.25, 0.3) is 0 Å². The number of aliphatic hydroxyl groups is 6. The van der Waals surface area contributed by atoms with Crippen molar-refractivity contribution < 1.29 is 30.6 Å². The number of hydrogen-bond donors (Lipinski definition) is 6. The van der Waals surface area contributed by atoms with Crippen molar-refractivity contribution in [2.45, 2.75) is 367 Å². The average Bonchev–Trinajstić information content (AvgIpc) is 0.837. The summed E-state index contributed by atoms with van der Waals surface area (Å²) < 4.78 is 0. The van der Waals surface area contributed by atoms with E-state index in [1.807, 2.05) is 6.08 Å². The maximum absolute atomic E-state index is 10.1. The number of allylic oxidation sites excluding steroid dienone is 60. The molecule has 0 amide bonds. The molecule has 0 bridgehead atoms. The van der Waals surface area contributed by atoms with E-state index in [9.17, 15) is 30.6 Å². The maximum atomic E-state index is 10.1. The first kappa shape index (κ1) is 130.